The SMILES string of the molecule is CC12C3[C@@H]4[C@@H]3[C@H]3C(O)[C@H]4[C@@H]1[C@H]32. The second-order valence-electron chi connectivity index (χ2n) is 5.74. The molecule has 11 heavy (non-hydrogen) atoms. The Kier molecular flexibility index (Phi) is 0.393. The Balaban J connectivity index is 1.90. The Morgan fingerprint density at radius 2 is 1.45 bits per heavy atom. The summed E-state index contributed by atoms with van der Waals surface area (Å²) in [7, 11) is 0. The van der Waals surface area contributed by atoms with Gasteiger partial charge in [-0.2, -0.15) is 0 Å². The molecule has 2 bridgehead atoms. The molecule has 1 N–H and O–H groups in total. The predicted octanol–water partition coefficient (Wildman–Crippen LogP) is 0.735. The average molecular weight is 148 g/mol. The molecule has 6 fully saturated rings. The molecule has 0 aromatic heterocycles. The van der Waals surface area contributed by atoms with Crippen LogP contribution in [0.1, 0.15) is 6.92 Å². The van der Waals surface area contributed by atoms with E-state index in [1.54, 1.807) is 0 Å². The van der Waals surface area contributed by atoms with E-state index in [1.807, 2.05) is 0 Å². The Hall–Kier alpha value is -0.0400. The van der Waals surface area contributed by atoms with E-state index < -0.39 is 0 Å². The van der Waals surface area contributed by atoms with Crippen LogP contribution in [-0.4, -0.2) is 11.2 Å². The van der Waals surface area contributed by atoms with Crippen molar-refractivity contribution in [2.45, 2.75) is 13.0 Å². The highest BCUT2D eigenvalue weighted by molar-refractivity contribution is 5.44. The van der Waals surface area contributed by atoms with E-state index in [0.717, 1.165) is 46.8 Å². The van der Waals surface area contributed by atoms with Gasteiger partial charge in [0.2, 0.25) is 0 Å². The van der Waals surface area contributed by atoms with Gasteiger partial charge in [0.25, 0.3) is 0 Å². The molecule has 0 aliphatic heterocycles. The van der Waals surface area contributed by atoms with Gasteiger partial charge in [0, 0.05) is 0 Å². The van der Waals surface area contributed by atoms with Gasteiger partial charge in [-0.05, 0) is 46.8 Å². The molecule has 0 saturated heterocycles. The van der Waals surface area contributed by atoms with Gasteiger partial charge < -0.3 is 5.11 Å². The fourth-order valence-corrected chi connectivity index (χ4v) is 6.15. The van der Waals surface area contributed by atoms with Crippen molar-refractivity contribution in [1.29, 1.82) is 0 Å². The second kappa shape index (κ2) is 0.891. The number of aliphatic hydroxyl groups is 1. The molecule has 0 amide bonds. The highest BCUT2D eigenvalue weighted by Gasteiger charge is 2.98. The molecule has 0 radical (unpaired) electrons. The maximum absolute atomic E-state index is 9.86. The molecule has 6 saturated carbocycles. The summed E-state index contributed by atoms with van der Waals surface area (Å²) in [6.07, 6.45) is 0.145. The first-order valence-electron chi connectivity index (χ1n) is 4.96. The molecule has 9 atom stereocenters. The third kappa shape index (κ3) is 0.217. The Bertz CT molecular complexity index is 273. The molecule has 6 aliphatic carbocycles. The van der Waals surface area contributed by atoms with Crippen molar-refractivity contribution in [2.75, 3.05) is 0 Å². The van der Waals surface area contributed by atoms with Crippen molar-refractivity contribution < 1.29 is 5.11 Å². The van der Waals surface area contributed by atoms with Crippen LogP contribution in [0.2, 0.25) is 0 Å². The Morgan fingerprint density at radius 3 is 1.73 bits per heavy atom. The molecule has 6 rings (SSSR count). The van der Waals surface area contributed by atoms with Crippen LogP contribution < -0.4 is 0 Å². The van der Waals surface area contributed by atoms with E-state index in [1.165, 1.54) is 0 Å². The lowest BCUT2D eigenvalue weighted by Crippen LogP contribution is -2.18. The standard InChI is InChI=1S/C10H12O/c1-10-6-2-3(6)5-8(10)7(10)4(2)9(5)11/h2-9,11H,1H3/t2-,3-,4-,5-,6?,7-,8+,9?,10?/m1/s1. The first kappa shape index (κ1) is 4.86. The lowest BCUT2D eigenvalue weighted by molar-refractivity contribution is 0.0978. The molecule has 58 valence electrons. The van der Waals surface area contributed by atoms with Crippen molar-refractivity contribution in [3.05, 3.63) is 0 Å². The first-order valence-corrected chi connectivity index (χ1v) is 4.96. The zero-order valence-electron chi connectivity index (χ0n) is 6.57. The number of rotatable bonds is 0. The van der Waals surface area contributed by atoms with Crippen LogP contribution in [0.4, 0.5) is 0 Å². The molecular formula is C10H12O. The van der Waals surface area contributed by atoms with E-state index in [-0.39, 0.29) is 6.10 Å². The van der Waals surface area contributed by atoms with E-state index >= 15 is 0 Å². The van der Waals surface area contributed by atoms with Gasteiger partial charge in [-0.3, -0.25) is 0 Å². The summed E-state index contributed by atoms with van der Waals surface area (Å²) in [6.45, 7) is 2.49. The Morgan fingerprint density at radius 1 is 0.909 bits per heavy atom. The van der Waals surface area contributed by atoms with Crippen LogP contribution in [0.5, 0.6) is 0 Å². The lowest BCUT2D eigenvalue weighted by atomic mass is 9.99. The molecule has 0 heterocycles. The Labute approximate surface area is 65.8 Å². The van der Waals surface area contributed by atoms with Crippen molar-refractivity contribution in [3.8, 4) is 0 Å². The summed E-state index contributed by atoms with van der Waals surface area (Å²) in [6, 6.07) is 0. The summed E-state index contributed by atoms with van der Waals surface area (Å²) in [4.78, 5) is 0. The molecule has 1 nitrogen and oxygen atoms in total. The minimum atomic E-state index is 0.145. The quantitative estimate of drug-likeness (QED) is 0.537. The normalized spacial score (nSPS) is 96.5. The fourth-order valence-electron chi connectivity index (χ4n) is 6.15. The lowest BCUT2D eigenvalue weighted by Gasteiger charge is -2.12. The number of hydrogen-bond donors (Lipinski definition) is 1. The highest BCUT2D eigenvalue weighted by atomic mass is 16.3. The zero-order chi connectivity index (χ0) is 7.12. The van der Waals surface area contributed by atoms with Crippen molar-refractivity contribution in [1.82, 2.24) is 0 Å². The van der Waals surface area contributed by atoms with Crippen molar-refractivity contribution >= 4 is 0 Å². The topological polar surface area (TPSA) is 20.2 Å². The molecule has 1 heteroatoms. The van der Waals surface area contributed by atoms with Crippen LogP contribution in [0.15, 0.2) is 0 Å². The summed E-state index contributed by atoms with van der Waals surface area (Å²) < 4.78 is 0. The van der Waals surface area contributed by atoms with Gasteiger partial charge in [-0.1, -0.05) is 6.92 Å². The molecular weight excluding hydrogens is 136 g/mol. The smallest absolute Gasteiger partial charge is 0.0608 e. The van der Waals surface area contributed by atoms with Gasteiger partial charge >= 0.3 is 0 Å². The number of aliphatic hydroxyl groups excluding tert-OH is 1. The summed E-state index contributed by atoms with van der Waals surface area (Å²) in [5, 5.41) is 9.86. The molecule has 0 aromatic rings. The van der Waals surface area contributed by atoms with Gasteiger partial charge in [0.1, 0.15) is 0 Å². The van der Waals surface area contributed by atoms with Crippen molar-refractivity contribution in [3.63, 3.8) is 0 Å². The van der Waals surface area contributed by atoms with E-state index in [2.05, 4.69) is 6.92 Å². The third-order valence-corrected chi connectivity index (χ3v) is 6.07. The van der Waals surface area contributed by atoms with Crippen LogP contribution in [-0.2, 0) is 0 Å². The first-order chi connectivity index (χ1) is 5.28. The van der Waals surface area contributed by atoms with E-state index in [9.17, 15) is 5.11 Å². The van der Waals surface area contributed by atoms with Crippen LogP contribution in [0.25, 0.3) is 0 Å². The third-order valence-electron chi connectivity index (χ3n) is 6.07. The summed E-state index contributed by atoms with van der Waals surface area (Å²) >= 11 is 0. The van der Waals surface area contributed by atoms with Crippen LogP contribution >= 0.6 is 0 Å². The van der Waals surface area contributed by atoms with Crippen molar-refractivity contribution in [2.24, 2.45) is 46.8 Å². The predicted molar refractivity (Wildman–Crippen MR) is 38.5 cm³/mol. The maximum Gasteiger partial charge on any atom is 0.0608 e. The molecule has 6 aliphatic rings. The van der Waals surface area contributed by atoms with Crippen LogP contribution in [0.3, 0.4) is 0 Å². The van der Waals surface area contributed by atoms with Gasteiger partial charge in [-0.15, -0.1) is 0 Å². The summed E-state index contributed by atoms with van der Waals surface area (Å²) in [5.41, 5.74) is 0.768. The highest BCUT2D eigenvalue weighted by Crippen LogP contribution is 2.99. The second-order valence-corrected chi connectivity index (χ2v) is 5.74. The summed E-state index contributed by atoms with van der Waals surface area (Å²) in [5.74, 6) is 6.65. The molecule has 0 spiro atoms. The minimum Gasteiger partial charge on any atom is -0.393 e. The molecule has 0 aromatic carbocycles. The largest absolute Gasteiger partial charge is 0.393 e. The monoisotopic (exact) mass is 148 g/mol. The van der Waals surface area contributed by atoms with Crippen LogP contribution in [0, 0.1) is 46.8 Å². The number of hydrogen-bond acceptors (Lipinski definition) is 1. The molecule has 3 unspecified atom stereocenters. The van der Waals surface area contributed by atoms with E-state index in [4.69, 9.17) is 0 Å². The van der Waals surface area contributed by atoms with Gasteiger partial charge in [0.05, 0.1) is 6.10 Å². The zero-order valence-corrected chi connectivity index (χ0v) is 6.57. The van der Waals surface area contributed by atoms with E-state index in [0.29, 0.717) is 0 Å². The maximum atomic E-state index is 9.86. The van der Waals surface area contributed by atoms with Gasteiger partial charge in [0.15, 0.2) is 0 Å². The van der Waals surface area contributed by atoms with Gasteiger partial charge in [-0.25, -0.2) is 0 Å². The average Bonchev–Trinajstić information content (AvgIpc) is 2.73. The minimum absolute atomic E-state index is 0.145. The fraction of sp³-hybridized carbons (Fsp3) is 1.00.